The van der Waals surface area contributed by atoms with E-state index in [9.17, 15) is 4.79 Å². The van der Waals surface area contributed by atoms with Crippen molar-refractivity contribution in [1.82, 2.24) is 0 Å². The molecule has 1 unspecified atom stereocenters. The van der Waals surface area contributed by atoms with E-state index in [1.807, 2.05) is 0 Å². The summed E-state index contributed by atoms with van der Waals surface area (Å²) in [4.78, 5) is 9.84. The molecular weight excluding hydrogens is 134 g/mol. The van der Waals surface area contributed by atoms with Crippen molar-refractivity contribution >= 4 is 18.9 Å². The number of nitrogens with two attached hydrogens (primary N) is 1. The Balaban J connectivity index is 3.04. The fourth-order valence-corrected chi connectivity index (χ4v) is 0.924. The number of rotatable bonds is 5. The first-order valence-corrected chi connectivity index (χ1v) is 3.74. The van der Waals surface area contributed by atoms with Crippen LogP contribution in [0.3, 0.4) is 0 Å². The summed E-state index contributed by atoms with van der Waals surface area (Å²) in [5, 5.41) is 0. The third-order valence-electron chi connectivity index (χ3n) is 1.16. The summed E-state index contributed by atoms with van der Waals surface area (Å²) in [7, 11) is 0. The van der Waals surface area contributed by atoms with Gasteiger partial charge in [-0.05, 0) is 18.6 Å². The van der Waals surface area contributed by atoms with E-state index in [1.54, 1.807) is 0 Å². The Morgan fingerprint density at radius 1 is 1.56 bits per heavy atom. The molecule has 3 heteroatoms. The van der Waals surface area contributed by atoms with Gasteiger partial charge in [-0.2, -0.15) is 12.6 Å². The number of carbonyl (C=O) groups excluding carboxylic acids is 1. The molecule has 2 N–H and O–H groups in total. The van der Waals surface area contributed by atoms with Crippen molar-refractivity contribution in [3.8, 4) is 0 Å². The van der Waals surface area contributed by atoms with Crippen LogP contribution in [0.5, 0.6) is 0 Å². The summed E-state index contributed by atoms with van der Waals surface area (Å²) in [5.74, 6) is 0.806. The van der Waals surface area contributed by atoms with Crippen molar-refractivity contribution in [2.24, 2.45) is 5.73 Å². The summed E-state index contributed by atoms with van der Waals surface area (Å²) in [5.41, 5.74) is 5.56. The Bertz CT molecular complexity index is 77.5. The van der Waals surface area contributed by atoms with Gasteiger partial charge < -0.3 is 10.5 Å². The lowest BCUT2D eigenvalue weighted by molar-refractivity contribution is -0.108. The Morgan fingerprint density at radius 3 is 2.67 bits per heavy atom. The SMILES string of the molecule is NC(CCS)CCC=O. The predicted molar refractivity (Wildman–Crippen MR) is 41.7 cm³/mol. The lowest BCUT2D eigenvalue weighted by atomic mass is 10.1. The third-order valence-corrected chi connectivity index (χ3v) is 1.41. The van der Waals surface area contributed by atoms with Crippen LogP contribution in [0, 0.1) is 0 Å². The molecule has 0 aromatic carbocycles. The minimum Gasteiger partial charge on any atom is -0.328 e. The van der Waals surface area contributed by atoms with Gasteiger partial charge in [0, 0.05) is 12.5 Å². The van der Waals surface area contributed by atoms with E-state index in [0.29, 0.717) is 6.42 Å². The molecule has 0 saturated carbocycles. The van der Waals surface area contributed by atoms with Crippen LogP contribution in [0.2, 0.25) is 0 Å². The average Bonchev–Trinajstić information content (AvgIpc) is 1.85. The average molecular weight is 147 g/mol. The predicted octanol–water partition coefficient (Wildman–Crippen LogP) is 0.613. The smallest absolute Gasteiger partial charge is 0.120 e. The molecule has 0 aliphatic rings. The van der Waals surface area contributed by atoms with Gasteiger partial charge in [0.15, 0.2) is 0 Å². The number of carbonyl (C=O) groups is 1. The molecule has 0 heterocycles. The molecular formula is C6H13NOS. The second kappa shape index (κ2) is 6.11. The van der Waals surface area contributed by atoms with E-state index in [2.05, 4.69) is 12.6 Å². The first kappa shape index (κ1) is 8.98. The molecule has 0 aromatic rings. The standard InChI is InChI=1S/C6H13NOS/c7-6(3-5-9)2-1-4-8/h4,6,9H,1-3,5,7H2. The van der Waals surface area contributed by atoms with Gasteiger partial charge in [-0.1, -0.05) is 0 Å². The molecule has 9 heavy (non-hydrogen) atoms. The zero-order valence-corrected chi connectivity index (χ0v) is 6.31. The van der Waals surface area contributed by atoms with E-state index in [4.69, 9.17) is 5.73 Å². The van der Waals surface area contributed by atoms with E-state index < -0.39 is 0 Å². The number of hydrogen-bond acceptors (Lipinski definition) is 3. The summed E-state index contributed by atoms with van der Waals surface area (Å²) >= 11 is 4.01. The van der Waals surface area contributed by atoms with Crippen LogP contribution >= 0.6 is 12.6 Å². The number of thiol groups is 1. The molecule has 0 aliphatic heterocycles. The highest BCUT2D eigenvalue weighted by atomic mass is 32.1. The van der Waals surface area contributed by atoms with E-state index >= 15 is 0 Å². The van der Waals surface area contributed by atoms with E-state index in [-0.39, 0.29) is 6.04 Å². The van der Waals surface area contributed by atoms with Crippen molar-refractivity contribution in [3.05, 3.63) is 0 Å². The normalized spacial score (nSPS) is 13.1. The van der Waals surface area contributed by atoms with Gasteiger partial charge in [0.1, 0.15) is 6.29 Å². The van der Waals surface area contributed by atoms with Crippen LogP contribution in [0.4, 0.5) is 0 Å². The first-order valence-electron chi connectivity index (χ1n) is 3.11. The Labute approximate surface area is 61.2 Å². The molecule has 0 aromatic heterocycles. The van der Waals surface area contributed by atoms with Crippen LogP contribution < -0.4 is 5.73 Å². The van der Waals surface area contributed by atoms with E-state index in [0.717, 1.165) is 24.9 Å². The van der Waals surface area contributed by atoms with Crippen molar-refractivity contribution < 1.29 is 4.79 Å². The Kier molecular flexibility index (Phi) is 6.09. The van der Waals surface area contributed by atoms with Gasteiger partial charge >= 0.3 is 0 Å². The highest BCUT2D eigenvalue weighted by Gasteiger charge is 1.98. The second-order valence-electron chi connectivity index (χ2n) is 2.02. The fraction of sp³-hybridized carbons (Fsp3) is 0.833. The Hall–Kier alpha value is -0.0200. The van der Waals surface area contributed by atoms with Crippen LogP contribution in [-0.2, 0) is 4.79 Å². The molecule has 0 bridgehead atoms. The molecule has 2 nitrogen and oxygen atoms in total. The largest absolute Gasteiger partial charge is 0.328 e. The summed E-state index contributed by atoms with van der Waals surface area (Å²) in [6.07, 6.45) is 3.17. The summed E-state index contributed by atoms with van der Waals surface area (Å²) in [6, 6.07) is 0.160. The summed E-state index contributed by atoms with van der Waals surface area (Å²) < 4.78 is 0. The van der Waals surface area contributed by atoms with Crippen LogP contribution in [-0.4, -0.2) is 18.1 Å². The zero-order valence-electron chi connectivity index (χ0n) is 5.42. The van der Waals surface area contributed by atoms with Crippen LogP contribution in [0.25, 0.3) is 0 Å². The van der Waals surface area contributed by atoms with Crippen molar-refractivity contribution in [3.63, 3.8) is 0 Å². The second-order valence-corrected chi connectivity index (χ2v) is 2.46. The maximum absolute atomic E-state index is 9.84. The van der Waals surface area contributed by atoms with Crippen molar-refractivity contribution in [2.45, 2.75) is 25.3 Å². The molecule has 0 aliphatic carbocycles. The maximum Gasteiger partial charge on any atom is 0.120 e. The topological polar surface area (TPSA) is 43.1 Å². The molecule has 0 radical (unpaired) electrons. The molecule has 0 saturated heterocycles. The molecule has 0 spiro atoms. The monoisotopic (exact) mass is 147 g/mol. The quantitative estimate of drug-likeness (QED) is 0.442. The van der Waals surface area contributed by atoms with Gasteiger partial charge in [-0.3, -0.25) is 0 Å². The molecule has 0 amide bonds. The van der Waals surface area contributed by atoms with Gasteiger partial charge in [0.2, 0.25) is 0 Å². The highest BCUT2D eigenvalue weighted by molar-refractivity contribution is 7.80. The minimum atomic E-state index is 0.160. The summed E-state index contributed by atoms with van der Waals surface area (Å²) in [6.45, 7) is 0. The zero-order chi connectivity index (χ0) is 7.11. The minimum absolute atomic E-state index is 0.160. The number of hydrogen-bond donors (Lipinski definition) is 2. The van der Waals surface area contributed by atoms with Gasteiger partial charge in [-0.25, -0.2) is 0 Å². The molecule has 1 atom stereocenters. The van der Waals surface area contributed by atoms with Gasteiger partial charge in [0.25, 0.3) is 0 Å². The third kappa shape index (κ3) is 5.86. The Morgan fingerprint density at radius 2 is 2.22 bits per heavy atom. The molecule has 54 valence electrons. The van der Waals surface area contributed by atoms with Crippen molar-refractivity contribution in [1.29, 1.82) is 0 Å². The van der Waals surface area contributed by atoms with Gasteiger partial charge in [-0.15, -0.1) is 0 Å². The van der Waals surface area contributed by atoms with Crippen molar-refractivity contribution in [2.75, 3.05) is 5.75 Å². The lowest BCUT2D eigenvalue weighted by Gasteiger charge is -2.05. The molecule has 0 rings (SSSR count). The van der Waals surface area contributed by atoms with Gasteiger partial charge in [0.05, 0.1) is 0 Å². The fourth-order valence-electron chi connectivity index (χ4n) is 0.592. The maximum atomic E-state index is 9.84. The van der Waals surface area contributed by atoms with Crippen LogP contribution in [0.15, 0.2) is 0 Å². The first-order chi connectivity index (χ1) is 4.31. The van der Waals surface area contributed by atoms with E-state index in [1.165, 1.54) is 0 Å². The molecule has 0 fully saturated rings. The van der Waals surface area contributed by atoms with Crippen LogP contribution in [0.1, 0.15) is 19.3 Å². The highest BCUT2D eigenvalue weighted by Crippen LogP contribution is 1.97. The number of aldehydes is 1. The lowest BCUT2D eigenvalue weighted by Crippen LogP contribution is -2.20.